The van der Waals surface area contributed by atoms with Gasteiger partial charge < -0.3 is 15.0 Å². The second-order valence-corrected chi connectivity index (χ2v) is 6.73. The van der Waals surface area contributed by atoms with Crippen LogP contribution in [0.2, 0.25) is 0 Å². The van der Waals surface area contributed by atoms with Crippen molar-refractivity contribution in [1.29, 1.82) is 0 Å². The maximum atomic E-state index is 14.5. The Balaban J connectivity index is 1.53. The third kappa shape index (κ3) is 3.06. The molecule has 0 unspecified atom stereocenters. The normalized spacial score (nSPS) is 16.6. The van der Waals surface area contributed by atoms with Crippen LogP contribution in [-0.4, -0.2) is 40.9 Å². The molecule has 0 spiro atoms. The molecule has 2 aromatic heterocycles. The summed E-state index contributed by atoms with van der Waals surface area (Å²) in [5, 5.41) is 2.72. The van der Waals surface area contributed by atoms with E-state index in [-0.39, 0.29) is 24.6 Å². The SMILES string of the molecule is COc1ccccc1N1C[C@@H](NC(=O)c2nc3cc(C)ccn3c2F)CC1=O. The van der Waals surface area contributed by atoms with Gasteiger partial charge in [-0.15, -0.1) is 0 Å². The molecular weight excluding hydrogens is 363 g/mol. The first-order chi connectivity index (χ1) is 13.5. The highest BCUT2D eigenvalue weighted by atomic mass is 19.1. The summed E-state index contributed by atoms with van der Waals surface area (Å²) in [4.78, 5) is 30.7. The number of imidazole rings is 1. The lowest BCUT2D eigenvalue weighted by Gasteiger charge is -2.19. The number of carbonyl (C=O) groups is 2. The number of carbonyl (C=O) groups excluding carboxylic acids is 2. The number of nitrogens with one attached hydrogen (secondary N) is 1. The number of rotatable bonds is 4. The average molecular weight is 382 g/mol. The van der Waals surface area contributed by atoms with Crippen LogP contribution in [0.15, 0.2) is 42.6 Å². The Bertz CT molecular complexity index is 1080. The quantitative estimate of drug-likeness (QED) is 0.751. The second kappa shape index (κ2) is 6.95. The first kappa shape index (κ1) is 18.0. The number of aryl methyl sites for hydroxylation is 1. The van der Waals surface area contributed by atoms with Crippen molar-refractivity contribution in [3.05, 3.63) is 59.8 Å². The second-order valence-electron chi connectivity index (χ2n) is 6.73. The van der Waals surface area contributed by atoms with Gasteiger partial charge in [0.2, 0.25) is 11.9 Å². The van der Waals surface area contributed by atoms with Crippen molar-refractivity contribution in [2.75, 3.05) is 18.6 Å². The summed E-state index contributed by atoms with van der Waals surface area (Å²) >= 11 is 0. The minimum absolute atomic E-state index is 0.123. The summed E-state index contributed by atoms with van der Waals surface area (Å²) in [6.07, 6.45) is 1.66. The highest BCUT2D eigenvalue weighted by Gasteiger charge is 2.34. The monoisotopic (exact) mass is 382 g/mol. The fraction of sp³-hybridized carbons (Fsp3) is 0.250. The zero-order chi connectivity index (χ0) is 19.8. The fourth-order valence-electron chi connectivity index (χ4n) is 3.40. The summed E-state index contributed by atoms with van der Waals surface area (Å²) in [7, 11) is 1.53. The summed E-state index contributed by atoms with van der Waals surface area (Å²) in [6.45, 7) is 2.14. The van der Waals surface area contributed by atoms with Gasteiger partial charge in [-0.1, -0.05) is 12.1 Å². The van der Waals surface area contributed by atoms with E-state index in [1.54, 1.807) is 29.2 Å². The third-order valence-corrected chi connectivity index (χ3v) is 4.77. The number of fused-ring (bicyclic) bond motifs is 1. The van der Waals surface area contributed by atoms with Gasteiger partial charge in [-0.05, 0) is 36.8 Å². The number of halogens is 1. The number of amides is 2. The molecule has 28 heavy (non-hydrogen) atoms. The molecule has 7 nitrogen and oxygen atoms in total. The zero-order valence-corrected chi connectivity index (χ0v) is 15.5. The Morgan fingerprint density at radius 1 is 1.32 bits per heavy atom. The summed E-state index contributed by atoms with van der Waals surface area (Å²) in [5.74, 6) is -0.928. The van der Waals surface area contributed by atoms with Gasteiger partial charge in [-0.3, -0.25) is 14.0 Å². The van der Waals surface area contributed by atoms with Gasteiger partial charge >= 0.3 is 0 Å². The number of aromatic nitrogens is 2. The predicted molar refractivity (Wildman–Crippen MR) is 101 cm³/mol. The lowest BCUT2D eigenvalue weighted by Crippen LogP contribution is -2.37. The Hall–Kier alpha value is -3.42. The van der Waals surface area contributed by atoms with Crippen molar-refractivity contribution in [2.24, 2.45) is 0 Å². The van der Waals surface area contributed by atoms with Gasteiger partial charge in [0.1, 0.15) is 11.4 Å². The number of anilines is 1. The summed E-state index contributed by atoms with van der Waals surface area (Å²) < 4.78 is 21.1. The highest BCUT2D eigenvalue weighted by Crippen LogP contribution is 2.31. The van der Waals surface area contributed by atoms with Crippen LogP contribution >= 0.6 is 0 Å². The van der Waals surface area contributed by atoms with Crippen molar-refractivity contribution in [3.63, 3.8) is 0 Å². The van der Waals surface area contributed by atoms with Gasteiger partial charge in [0, 0.05) is 19.2 Å². The van der Waals surface area contributed by atoms with Crippen LogP contribution in [0.4, 0.5) is 10.1 Å². The Morgan fingerprint density at radius 3 is 2.89 bits per heavy atom. The summed E-state index contributed by atoms with van der Waals surface area (Å²) in [6, 6.07) is 10.2. The molecule has 0 saturated carbocycles. The van der Waals surface area contributed by atoms with Crippen LogP contribution in [0.25, 0.3) is 5.65 Å². The van der Waals surface area contributed by atoms with E-state index in [1.165, 1.54) is 17.7 Å². The van der Waals surface area contributed by atoms with Crippen LogP contribution in [0, 0.1) is 12.9 Å². The van der Waals surface area contributed by atoms with Crippen LogP contribution in [0.3, 0.4) is 0 Å². The molecule has 1 atom stereocenters. The van der Waals surface area contributed by atoms with Crippen molar-refractivity contribution in [3.8, 4) is 5.75 Å². The average Bonchev–Trinajstić information content (AvgIpc) is 3.21. The first-order valence-corrected chi connectivity index (χ1v) is 8.86. The molecular formula is C20H19FN4O3. The smallest absolute Gasteiger partial charge is 0.274 e. The number of para-hydroxylation sites is 2. The number of hydrogen-bond donors (Lipinski definition) is 1. The molecule has 0 aliphatic carbocycles. The molecule has 1 fully saturated rings. The van der Waals surface area contributed by atoms with Crippen LogP contribution in [0.5, 0.6) is 5.75 Å². The Labute approximate surface area is 160 Å². The van der Waals surface area contributed by atoms with Crippen LogP contribution in [-0.2, 0) is 4.79 Å². The predicted octanol–water partition coefficient (Wildman–Crippen LogP) is 2.33. The first-order valence-electron chi connectivity index (χ1n) is 8.86. The molecule has 3 aromatic rings. The van der Waals surface area contributed by atoms with E-state index < -0.39 is 17.9 Å². The molecule has 2 amide bonds. The van der Waals surface area contributed by atoms with Crippen molar-refractivity contribution in [2.45, 2.75) is 19.4 Å². The maximum absolute atomic E-state index is 14.5. The van der Waals surface area contributed by atoms with Gasteiger partial charge in [0.25, 0.3) is 5.91 Å². The lowest BCUT2D eigenvalue weighted by atomic mass is 10.2. The van der Waals surface area contributed by atoms with Gasteiger partial charge in [-0.25, -0.2) is 4.98 Å². The van der Waals surface area contributed by atoms with Crippen molar-refractivity contribution in [1.82, 2.24) is 14.7 Å². The lowest BCUT2D eigenvalue weighted by molar-refractivity contribution is -0.117. The molecule has 8 heteroatoms. The van der Waals surface area contributed by atoms with E-state index in [2.05, 4.69) is 10.3 Å². The van der Waals surface area contributed by atoms with E-state index >= 15 is 0 Å². The number of ether oxygens (including phenoxy) is 1. The molecule has 1 aliphatic rings. The van der Waals surface area contributed by atoms with Gasteiger partial charge in [-0.2, -0.15) is 4.39 Å². The van der Waals surface area contributed by atoms with E-state index in [0.29, 0.717) is 17.1 Å². The van der Waals surface area contributed by atoms with Crippen molar-refractivity contribution < 1.29 is 18.7 Å². The number of benzene rings is 1. The molecule has 4 rings (SSSR count). The minimum atomic E-state index is -0.724. The van der Waals surface area contributed by atoms with Crippen molar-refractivity contribution >= 4 is 23.1 Å². The van der Waals surface area contributed by atoms with Crippen LogP contribution in [0.1, 0.15) is 22.5 Å². The van der Waals surface area contributed by atoms with Crippen LogP contribution < -0.4 is 15.0 Å². The molecule has 0 bridgehead atoms. The Kier molecular flexibility index (Phi) is 4.46. The number of hydrogen-bond acceptors (Lipinski definition) is 4. The minimum Gasteiger partial charge on any atom is -0.495 e. The largest absolute Gasteiger partial charge is 0.495 e. The molecule has 3 heterocycles. The van der Waals surface area contributed by atoms with Gasteiger partial charge in [0.15, 0.2) is 5.69 Å². The number of methoxy groups -OCH3 is 1. The molecule has 1 saturated heterocycles. The topological polar surface area (TPSA) is 75.9 Å². The fourth-order valence-corrected chi connectivity index (χ4v) is 3.40. The molecule has 1 aromatic carbocycles. The maximum Gasteiger partial charge on any atom is 0.274 e. The van der Waals surface area contributed by atoms with E-state index in [1.807, 2.05) is 19.1 Å². The van der Waals surface area contributed by atoms with E-state index in [9.17, 15) is 14.0 Å². The van der Waals surface area contributed by atoms with Gasteiger partial charge in [0.05, 0.1) is 18.8 Å². The molecule has 1 aliphatic heterocycles. The number of pyridine rings is 1. The van der Waals surface area contributed by atoms with E-state index in [0.717, 1.165) is 5.56 Å². The molecule has 0 radical (unpaired) electrons. The Morgan fingerprint density at radius 2 is 2.11 bits per heavy atom. The van der Waals surface area contributed by atoms with E-state index in [4.69, 9.17) is 4.74 Å². The zero-order valence-electron chi connectivity index (χ0n) is 15.5. The standard InChI is InChI=1S/C20H19FN4O3/c1-12-7-8-24-16(9-12)23-18(19(24)21)20(27)22-13-10-17(26)25(11-13)14-5-3-4-6-15(14)28-2/h3-9,13H,10-11H2,1-2H3,(H,22,27)/t13-/m0/s1. The summed E-state index contributed by atoms with van der Waals surface area (Å²) in [5.41, 5.74) is 1.63. The molecule has 144 valence electrons. The number of nitrogens with zero attached hydrogens (tertiary/aromatic N) is 3. The molecule has 1 N–H and O–H groups in total. The third-order valence-electron chi connectivity index (χ3n) is 4.77. The highest BCUT2D eigenvalue weighted by molar-refractivity contribution is 5.99.